The largest absolute Gasteiger partial charge is 0.494 e. The van der Waals surface area contributed by atoms with Crippen LogP contribution in [-0.2, 0) is 14.4 Å². The van der Waals surface area contributed by atoms with Crippen LogP contribution in [0, 0.1) is 0 Å². The van der Waals surface area contributed by atoms with Crippen molar-refractivity contribution in [3.05, 3.63) is 48.5 Å². The average molecular weight is 475 g/mol. The van der Waals surface area contributed by atoms with Crippen molar-refractivity contribution in [3.63, 3.8) is 0 Å². The molecule has 176 valence electrons. The van der Waals surface area contributed by atoms with Crippen LogP contribution in [0.4, 0.5) is 5.69 Å². The number of methoxy groups -OCH3 is 1. The summed E-state index contributed by atoms with van der Waals surface area (Å²) in [6, 6.07) is 13.8. The Morgan fingerprint density at radius 1 is 0.848 bits per heavy atom. The minimum absolute atomic E-state index is 0.0351. The molecule has 0 saturated carbocycles. The molecule has 33 heavy (non-hydrogen) atoms. The van der Waals surface area contributed by atoms with Gasteiger partial charge in [-0.25, -0.2) is 0 Å². The Kier molecular flexibility index (Phi) is 10.4. The molecule has 0 fully saturated rings. The third-order valence-electron chi connectivity index (χ3n) is 4.02. The Hall–Kier alpha value is -3.86. The summed E-state index contributed by atoms with van der Waals surface area (Å²) >= 11 is 4.95. The van der Waals surface area contributed by atoms with Crippen LogP contribution in [0.25, 0.3) is 0 Å². The standard InChI is InChI=1S/C22H26N4O6S/c1-3-31-16-10-8-15(9-11-16)23-19(27)12-13-20(28)25-26-22(33)24-21(29)14-32-18-7-5-4-6-17(18)30-2/h4-11H,3,12-14H2,1-2H3,(H,23,27)(H,25,28)(H2,24,26,29,33). The van der Waals surface area contributed by atoms with Crippen molar-refractivity contribution in [1.82, 2.24) is 16.2 Å². The lowest BCUT2D eigenvalue weighted by atomic mass is 10.2. The van der Waals surface area contributed by atoms with Gasteiger partial charge in [0.1, 0.15) is 5.75 Å². The molecule has 0 aromatic heterocycles. The van der Waals surface area contributed by atoms with Gasteiger partial charge in [-0.15, -0.1) is 0 Å². The number of hydrogen-bond acceptors (Lipinski definition) is 7. The maximum absolute atomic E-state index is 12.0. The molecule has 0 radical (unpaired) electrons. The molecule has 4 N–H and O–H groups in total. The Morgan fingerprint density at radius 3 is 2.18 bits per heavy atom. The zero-order valence-electron chi connectivity index (χ0n) is 18.3. The molecule has 11 heteroatoms. The molecule has 0 bridgehead atoms. The zero-order valence-corrected chi connectivity index (χ0v) is 19.1. The number of thiocarbonyl (C=S) groups is 1. The highest BCUT2D eigenvalue weighted by Gasteiger charge is 2.11. The molecule has 0 aliphatic heterocycles. The Bertz CT molecular complexity index is 968. The first-order chi connectivity index (χ1) is 15.9. The van der Waals surface area contributed by atoms with E-state index in [0.717, 1.165) is 0 Å². The van der Waals surface area contributed by atoms with Crippen molar-refractivity contribution >= 4 is 40.7 Å². The summed E-state index contributed by atoms with van der Waals surface area (Å²) in [5.41, 5.74) is 5.32. The Labute approximate surface area is 196 Å². The van der Waals surface area contributed by atoms with E-state index in [4.69, 9.17) is 26.4 Å². The van der Waals surface area contributed by atoms with Gasteiger partial charge in [-0.2, -0.15) is 0 Å². The summed E-state index contributed by atoms with van der Waals surface area (Å²) in [4.78, 5) is 35.8. The SMILES string of the molecule is CCOc1ccc(NC(=O)CCC(=O)NNC(=S)NC(=O)COc2ccccc2OC)cc1. The molecule has 0 unspecified atom stereocenters. The quantitative estimate of drug-likeness (QED) is 0.304. The molecule has 0 saturated heterocycles. The lowest BCUT2D eigenvalue weighted by Gasteiger charge is -2.12. The molecule has 0 spiro atoms. The first-order valence-electron chi connectivity index (χ1n) is 10.1. The first-order valence-corrected chi connectivity index (χ1v) is 10.5. The van der Waals surface area contributed by atoms with Crippen molar-refractivity contribution in [3.8, 4) is 17.2 Å². The zero-order chi connectivity index (χ0) is 24.1. The van der Waals surface area contributed by atoms with Crippen molar-refractivity contribution < 1.29 is 28.6 Å². The lowest BCUT2D eigenvalue weighted by Crippen LogP contribution is -2.49. The summed E-state index contributed by atoms with van der Waals surface area (Å²) < 4.78 is 15.9. The summed E-state index contributed by atoms with van der Waals surface area (Å²) in [6.45, 7) is 2.13. The van der Waals surface area contributed by atoms with E-state index in [0.29, 0.717) is 29.5 Å². The number of carbonyl (C=O) groups is 3. The molecule has 0 aliphatic carbocycles. The van der Waals surface area contributed by atoms with Crippen molar-refractivity contribution in [1.29, 1.82) is 0 Å². The normalized spacial score (nSPS) is 9.88. The number of nitrogens with one attached hydrogen (secondary N) is 4. The third kappa shape index (κ3) is 9.44. The second-order valence-electron chi connectivity index (χ2n) is 6.50. The number of rotatable bonds is 10. The van der Waals surface area contributed by atoms with E-state index in [9.17, 15) is 14.4 Å². The fourth-order valence-electron chi connectivity index (χ4n) is 2.52. The maximum atomic E-state index is 12.0. The van der Waals surface area contributed by atoms with Gasteiger partial charge in [-0.1, -0.05) is 12.1 Å². The van der Waals surface area contributed by atoms with Crippen LogP contribution in [-0.4, -0.2) is 43.2 Å². The molecule has 2 rings (SSSR count). The van der Waals surface area contributed by atoms with Crippen LogP contribution in [0.3, 0.4) is 0 Å². The smallest absolute Gasteiger partial charge is 0.264 e. The average Bonchev–Trinajstić information content (AvgIpc) is 2.81. The molecule has 10 nitrogen and oxygen atoms in total. The van der Waals surface area contributed by atoms with Crippen molar-refractivity contribution in [2.24, 2.45) is 0 Å². The number of anilines is 1. The van der Waals surface area contributed by atoms with Crippen LogP contribution in [0.15, 0.2) is 48.5 Å². The molecular formula is C22H26N4O6S. The van der Waals surface area contributed by atoms with E-state index < -0.39 is 11.8 Å². The van der Waals surface area contributed by atoms with Gasteiger partial charge in [0.2, 0.25) is 11.8 Å². The first kappa shape index (κ1) is 25.4. The van der Waals surface area contributed by atoms with Crippen LogP contribution in [0.1, 0.15) is 19.8 Å². The number of hydrazine groups is 1. The minimum Gasteiger partial charge on any atom is -0.494 e. The van der Waals surface area contributed by atoms with E-state index in [1.807, 2.05) is 6.92 Å². The number of ether oxygens (including phenoxy) is 3. The maximum Gasteiger partial charge on any atom is 0.264 e. The number of para-hydroxylation sites is 2. The van der Waals surface area contributed by atoms with E-state index in [2.05, 4.69) is 21.5 Å². The van der Waals surface area contributed by atoms with Crippen LogP contribution in [0.2, 0.25) is 0 Å². The number of amides is 3. The number of hydrogen-bond donors (Lipinski definition) is 4. The van der Waals surface area contributed by atoms with Gasteiger partial charge >= 0.3 is 0 Å². The van der Waals surface area contributed by atoms with Gasteiger partial charge in [-0.3, -0.25) is 30.6 Å². The van der Waals surface area contributed by atoms with Gasteiger partial charge in [0, 0.05) is 18.5 Å². The summed E-state index contributed by atoms with van der Waals surface area (Å²) in [6.07, 6.45) is -0.115. The molecule has 2 aromatic carbocycles. The van der Waals surface area contributed by atoms with E-state index in [1.165, 1.54) is 7.11 Å². The van der Waals surface area contributed by atoms with Crippen molar-refractivity contribution in [2.75, 3.05) is 25.6 Å². The highest BCUT2D eigenvalue weighted by Crippen LogP contribution is 2.25. The van der Waals surface area contributed by atoms with E-state index in [1.54, 1.807) is 48.5 Å². The molecular weight excluding hydrogens is 448 g/mol. The molecule has 0 heterocycles. The van der Waals surface area contributed by atoms with Crippen molar-refractivity contribution in [2.45, 2.75) is 19.8 Å². The van der Waals surface area contributed by atoms with Gasteiger partial charge in [-0.05, 0) is 55.5 Å². The fraction of sp³-hybridized carbons (Fsp3) is 0.273. The molecule has 0 aliphatic rings. The lowest BCUT2D eigenvalue weighted by molar-refractivity contribution is -0.125. The van der Waals surface area contributed by atoms with Gasteiger partial charge in [0.25, 0.3) is 5.91 Å². The summed E-state index contributed by atoms with van der Waals surface area (Å²) in [5, 5.41) is 4.94. The second-order valence-corrected chi connectivity index (χ2v) is 6.90. The topological polar surface area (TPSA) is 127 Å². The minimum atomic E-state index is -0.526. The highest BCUT2D eigenvalue weighted by atomic mass is 32.1. The second kappa shape index (κ2) is 13.5. The van der Waals surface area contributed by atoms with E-state index in [-0.39, 0.29) is 30.5 Å². The fourth-order valence-corrected chi connectivity index (χ4v) is 2.68. The summed E-state index contributed by atoms with van der Waals surface area (Å²) in [5.74, 6) is 0.283. The number of carbonyl (C=O) groups excluding carboxylic acids is 3. The highest BCUT2D eigenvalue weighted by molar-refractivity contribution is 7.80. The summed E-state index contributed by atoms with van der Waals surface area (Å²) in [7, 11) is 1.49. The molecule has 0 atom stereocenters. The van der Waals surface area contributed by atoms with Crippen LogP contribution < -0.4 is 35.7 Å². The Morgan fingerprint density at radius 2 is 1.52 bits per heavy atom. The number of benzene rings is 2. The van der Waals surface area contributed by atoms with Crippen LogP contribution >= 0.6 is 12.2 Å². The van der Waals surface area contributed by atoms with Gasteiger partial charge in [0.05, 0.1) is 13.7 Å². The molecule has 3 amide bonds. The van der Waals surface area contributed by atoms with Gasteiger partial charge in [0.15, 0.2) is 23.2 Å². The third-order valence-corrected chi connectivity index (χ3v) is 4.23. The molecule has 2 aromatic rings. The Balaban J connectivity index is 1.63. The monoisotopic (exact) mass is 474 g/mol. The van der Waals surface area contributed by atoms with E-state index >= 15 is 0 Å². The van der Waals surface area contributed by atoms with Gasteiger partial charge < -0.3 is 19.5 Å². The predicted octanol–water partition coefficient (Wildman–Crippen LogP) is 1.91. The predicted molar refractivity (Wildman–Crippen MR) is 126 cm³/mol. The van der Waals surface area contributed by atoms with Crippen LogP contribution in [0.5, 0.6) is 17.2 Å².